The third kappa shape index (κ3) is 2.87. The lowest BCUT2D eigenvalue weighted by Gasteiger charge is -2.43. The van der Waals surface area contributed by atoms with E-state index in [0.717, 1.165) is 0 Å². The molecule has 0 bridgehead atoms. The maximum atomic E-state index is 13.3. The van der Waals surface area contributed by atoms with E-state index < -0.39 is 36.1 Å². The second-order valence-corrected chi connectivity index (χ2v) is 4.84. The van der Waals surface area contributed by atoms with Gasteiger partial charge in [0.15, 0.2) is 0 Å². The van der Waals surface area contributed by atoms with E-state index in [1.54, 1.807) is 35.6 Å². The summed E-state index contributed by atoms with van der Waals surface area (Å²) in [4.78, 5) is 23.7. The largest absolute Gasteiger partial charge is 0.466 e. The van der Waals surface area contributed by atoms with Crippen LogP contribution in [-0.4, -0.2) is 35.9 Å². The number of halogens is 2. The number of hydrogen-bond acceptors (Lipinski definition) is 4. The number of alkyl halides is 2. The SMILES string of the molecule is CCOC(=O)[C@H]1[C@H](c2ccccc2)NC(=O)N[C@]1(O)C(F)F. The molecule has 0 unspecified atom stereocenters. The van der Waals surface area contributed by atoms with Gasteiger partial charge in [-0.25, -0.2) is 13.6 Å². The highest BCUT2D eigenvalue weighted by Crippen LogP contribution is 2.37. The molecule has 0 saturated carbocycles. The van der Waals surface area contributed by atoms with E-state index in [1.165, 1.54) is 6.92 Å². The molecule has 120 valence electrons. The van der Waals surface area contributed by atoms with Crippen LogP contribution >= 0.6 is 0 Å². The molecule has 8 heteroatoms. The molecule has 1 aromatic rings. The lowest BCUT2D eigenvalue weighted by atomic mass is 9.82. The van der Waals surface area contributed by atoms with Crippen LogP contribution in [0.1, 0.15) is 18.5 Å². The first-order valence-corrected chi connectivity index (χ1v) is 6.71. The van der Waals surface area contributed by atoms with Crippen molar-refractivity contribution in [1.29, 1.82) is 0 Å². The van der Waals surface area contributed by atoms with Crippen molar-refractivity contribution in [3.8, 4) is 0 Å². The van der Waals surface area contributed by atoms with Gasteiger partial charge in [0.1, 0.15) is 5.92 Å². The maximum absolute atomic E-state index is 13.3. The predicted octanol–water partition coefficient (Wildman–Crippen LogP) is 1.17. The van der Waals surface area contributed by atoms with Crippen LogP contribution in [0.15, 0.2) is 30.3 Å². The Hall–Kier alpha value is -2.22. The molecule has 6 nitrogen and oxygen atoms in total. The van der Waals surface area contributed by atoms with E-state index in [2.05, 4.69) is 5.32 Å². The zero-order valence-corrected chi connectivity index (χ0v) is 11.8. The summed E-state index contributed by atoms with van der Waals surface area (Å²) in [7, 11) is 0. The summed E-state index contributed by atoms with van der Waals surface area (Å²) < 4.78 is 31.4. The van der Waals surface area contributed by atoms with Gasteiger partial charge in [0.25, 0.3) is 6.43 Å². The van der Waals surface area contributed by atoms with Crippen molar-refractivity contribution < 1.29 is 28.2 Å². The molecular weight excluding hydrogens is 298 g/mol. The fourth-order valence-electron chi connectivity index (χ4n) is 2.45. The van der Waals surface area contributed by atoms with Gasteiger partial charge in [0.2, 0.25) is 5.72 Å². The van der Waals surface area contributed by atoms with Crippen LogP contribution in [0.25, 0.3) is 0 Å². The highest BCUT2D eigenvalue weighted by atomic mass is 19.3. The molecule has 22 heavy (non-hydrogen) atoms. The summed E-state index contributed by atoms with van der Waals surface area (Å²) in [6.07, 6.45) is -3.36. The Balaban J connectivity index is 2.48. The van der Waals surface area contributed by atoms with Gasteiger partial charge in [-0.2, -0.15) is 0 Å². The van der Waals surface area contributed by atoms with Crippen molar-refractivity contribution in [2.75, 3.05) is 6.61 Å². The monoisotopic (exact) mass is 314 g/mol. The first kappa shape index (κ1) is 16.2. The highest BCUT2D eigenvalue weighted by molar-refractivity contribution is 5.83. The number of carbonyl (C=O) groups is 2. The van der Waals surface area contributed by atoms with Gasteiger partial charge in [-0.05, 0) is 12.5 Å². The molecule has 3 atom stereocenters. The van der Waals surface area contributed by atoms with Gasteiger partial charge in [-0.1, -0.05) is 30.3 Å². The maximum Gasteiger partial charge on any atom is 0.317 e. The summed E-state index contributed by atoms with van der Waals surface area (Å²) in [6.45, 7) is 1.48. The zero-order valence-electron chi connectivity index (χ0n) is 11.8. The smallest absolute Gasteiger partial charge is 0.317 e. The Morgan fingerprint density at radius 1 is 1.41 bits per heavy atom. The summed E-state index contributed by atoms with van der Waals surface area (Å²) in [5.74, 6) is -2.71. The average Bonchev–Trinajstić information content (AvgIpc) is 2.47. The number of carbonyl (C=O) groups excluding carboxylic acids is 2. The lowest BCUT2D eigenvalue weighted by Crippen LogP contribution is -2.70. The molecule has 1 fully saturated rings. The van der Waals surface area contributed by atoms with Crippen LogP contribution < -0.4 is 10.6 Å². The number of benzene rings is 1. The molecule has 1 aliphatic rings. The van der Waals surface area contributed by atoms with Crippen molar-refractivity contribution in [3.63, 3.8) is 0 Å². The Morgan fingerprint density at radius 3 is 2.59 bits per heavy atom. The van der Waals surface area contributed by atoms with Crippen molar-refractivity contribution in [3.05, 3.63) is 35.9 Å². The topological polar surface area (TPSA) is 87.7 Å². The quantitative estimate of drug-likeness (QED) is 0.728. The van der Waals surface area contributed by atoms with Crippen molar-refractivity contribution in [1.82, 2.24) is 10.6 Å². The number of rotatable bonds is 4. The van der Waals surface area contributed by atoms with E-state index >= 15 is 0 Å². The minimum atomic E-state index is -3.36. The Morgan fingerprint density at radius 2 is 2.05 bits per heavy atom. The standard InChI is InChI=1S/C14H16F2N2O4/c1-2-22-11(19)9-10(8-6-4-3-5-7-8)17-13(20)18-14(9,21)12(15)16/h3-7,9-10,12,21H,2H2,1H3,(H2,17,18,20)/t9-,10+,14-/m1/s1. The molecular formula is C14H16F2N2O4. The minimum Gasteiger partial charge on any atom is -0.466 e. The van der Waals surface area contributed by atoms with Crippen LogP contribution in [0.3, 0.4) is 0 Å². The third-order valence-corrected chi connectivity index (χ3v) is 3.44. The lowest BCUT2D eigenvalue weighted by molar-refractivity contribution is -0.189. The van der Waals surface area contributed by atoms with Crippen LogP contribution in [0.2, 0.25) is 0 Å². The van der Waals surface area contributed by atoms with E-state index in [4.69, 9.17) is 4.74 Å². The van der Waals surface area contributed by atoms with Crippen molar-refractivity contribution >= 4 is 12.0 Å². The molecule has 3 N–H and O–H groups in total. The van der Waals surface area contributed by atoms with Crippen LogP contribution in [-0.2, 0) is 9.53 Å². The molecule has 0 aromatic heterocycles. The number of ether oxygens (including phenoxy) is 1. The molecule has 2 rings (SSSR count). The Bertz CT molecular complexity index is 555. The normalized spacial score (nSPS) is 28.0. The number of hydrogen-bond donors (Lipinski definition) is 3. The molecule has 1 heterocycles. The number of amides is 2. The summed E-state index contributed by atoms with van der Waals surface area (Å²) in [5, 5.41) is 14.3. The molecule has 1 aromatic carbocycles. The zero-order chi connectivity index (χ0) is 16.3. The van der Waals surface area contributed by atoms with Crippen LogP contribution in [0, 0.1) is 5.92 Å². The fourth-order valence-corrected chi connectivity index (χ4v) is 2.45. The predicted molar refractivity (Wildman–Crippen MR) is 71.9 cm³/mol. The summed E-state index contributed by atoms with van der Waals surface area (Å²) >= 11 is 0. The highest BCUT2D eigenvalue weighted by Gasteiger charge is 2.58. The third-order valence-electron chi connectivity index (χ3n) is 3.44. The number of esters is 1. The number of nitrogens with one attached hydrogen (secondary N) is 2. The van der Waals surface area contributed by atoms with Crippen LogP contribution in [0.5, 0.6) is 0 Å². The molecule has 1 saturated heterocycles. The van der Waals surface area contributed by atoms with Gasteiger partial charge in [-0.15, -0.1) is 0 Å². The van der Waals surface area contributed by atoms with Gasteiger partial charge in [0, 0.05) is 0 Å². The van der Waals surface area contributed by atoms with Gasteiger partial charge < -0.3 is 20.5 Å². The first-order chi connectivity index (χ1) is 10.4. The Labute approximate surface area is 125 Å². The molecule has 0 aliphatic carbocycles. The van der Waals surface area contributed by atoms with Crippen LogP contribution in [0.4, 0.5) is 13.6 Å². The summed E-state index contributed by atoms with van der Waals surface area (Å²) in [6, 6.07) is 5.97. The average molecular weight is 314 g/mol. The van der Waals surface area contributed by atoms with E-state index in [0.29, 0.717) is 5.56 Å². The number of urea groups is 1. The number of aliphatic hydroxyl groups is 1. The second kappa shape index (κ2) is 6.27. The van der Waals surface area contributed by atoms with E-state index in [-0.39, 0.29) is 6.61 Å². The van der Waals surface area contributed by atoms with E-state index in [1.807, 2.05) is 0 Å². The molecule has 0 radical (unpaired) electrons. The second-order valence-electron chi connectivity index (χ2n) is 4.84. The molecule has 1 aliphatic heterocycles. The van der Waals surface area contributed by atoms with Crippen molar-refractivity contribution in [2.45, 2.75) is 25.1 Å². The van der Waals surface area contributed by atoms with E-state index in [9.17, 15) is 23.5 Å². The first-order valence-electron chi connectivity index (χ1n) is 6.71. The summed E-state index contributed by atoms with van der Waals surface area (Å²) in [5.41, 5.74) is -2.59. The minimum absolute atomic E-state index is 0.0376. The van der Waals surface area contributed by atoms with Gasteiger partial charge >= 0.3 is 12.0 Å². The molecule has 0 spiro atoms. The van der Waals surface area contributed by atoms with Gasteiger partial charge in [0.05, 0.1) is 12.6 Å². The Kier molecular flexibility index (Phi) is 4.60. The fraction of sp³-hybridized carbons (Fsp3) is 0.429. The van der Waals surface area contributed by atoms with Crippen molar-refractivity contribution in [2.24, 2.45) is 5.92 Å². The van der Waals surface area contributed by atoms with Gasteiger partial charge in [-0.3, -0.25) is 4.79 Å². The molecule has 2 amide bonds.